The van der Waals surface area contributed by atoms with Gasteiger partial charge in [0.1, 0.15) is 18.1 Å². The minimum absolute atomic E-state index is 0.190. The molecule has 0 fully saturated rings. The molecule has 0 bridgehead atoms. The van der Waals surface area contributed by atoms with E-state index in [4.69, 9.17) is 9.15 Å². The van der Waals surface area contributed by atoms with Crippen LogP contribution in [0.25, 0.3) is 22.6 Å². The smallest absolute Gasteiger partial charge is 0.221 e. The van der Waals surface area contributed by atoms with Crippen molar-refractivity contribution in [2.75, 3.05) is 13.4 Å². The third kappa shape index (κ3) is 6.10. The molecule has 4 aromatic rings. The van der Waals surface area contributed by atoms with Crippen LogP contribution >= 0.6 is 0 Å². The van der Waals surface area contributed by atoms with Crippen molar-refractivity contribution in [2.45, 2.75) is 11.5 Å². The van der Waals surface area contributed by atoms with Gasteiger partial charge in [0.25, 0.3) is 0 Å². The third-order valence-electron chi connectivity index (χ3n) is 4.27. The van der Waals surface area contributed by atoms with Gasteiger partial charge in [0.2, 0.25) is 5.89 Å². The second-order valence-electron chi connectivity index (χ2n) is 6.68. The zero-order chi connectivity index (χ0) is 22.3. The van der Waals surface area contributed by atoms with Gasteiger partial charge in [-0.1, -0.05) is 36.4 Å². The van der Waals surface area contributed by atoms with Crippen LogP contribution in [0.5, 0.6) is 0 Å². The van der Waals surface area contributed by atoms with Gasteiger partial charge < -0.3 is 9.15 Å². The van der Waals surface area contributed by atoms with Crippen LogP contribution < -0.4 is 0 Å². The molecule has 0 aliphatic rings. The Morgan fingerprint density at radius 1 is 0.871 bits per heavy atom. The van der Waals surface area contributed by atoms with Crippen LogP contribution in [-0.4, -0.2) is 26.8 Å². The molecule has 160 valence electrons. The van der Waals surface area contributed by atoms with E-state index in [9.17, 15) is 12.8 Å². The number of ether oxygens (including phenoxy) is 1. The Labute approximate surface area is 181 Å². The molecule has 7 heteroatoms. The Hall–Kier alpha value is -3.29. The number of benzene rings is 3. The van der Waals surface area contributed by atoms with Crippen LogP contribution in [0.1, 0.15) is 5.89 Å². The average Bonchev–Trinajstić information content (AvgIpc) is 3.20. The lowest BCUT2D eigenvalue weighted by molar-refractivity contribution is 0.160. The predicted molar refractivity (Wildman–Crippen MR) is 118 cm³/mol. The van der Waals surface area contributed by atoms with Gasteiger partial charge in [0.15, 0.2) is 15.6 Å². The fourth-order valence-electron chi connectivity index (χ4n) is 2.79. The van der Waals surface area contributed by atoms with E-state index in [1.165, 1.54) is 31.4 Å². The summed E-state index contributed by atoms with van der Waals surface area (Å²) >= 11 is 0. The standard InChI is InChI=1S/C18H16FNO4S.C6H6/c1-23-11-16-20-17(12-3-7-14(19)8-4-12)18(24-16)13-5-9-15(10-6-13)25(2,21)22;1-2-4-6-5-3-1/h3-10H,11H2,1-2H3;1-6H. The third-order valence-corrected chi connectivity index (χ3v) is 5.40. The Kier molecular flexibility index (Phi) is 7.33. The molecule has 0 saturated carbocycles. The minimum Gasteiger partial charge on any atom is -0.437 e. The maximum Gasteiger partial charge on any atom is 0.221 e. The second-order valence-corrected chi connectivity index (χ2v) is 8.69. The average molecular weight is 440 g/mol. The lowest BCUT2D eigenvalue weighted by atomic mass is 10.1. The number of oxazole rings is 1. The highest BCUT2D eigenvalue weighted by atomic mass is 32.2. The fourth-order valence-corrected chi connectivity index (χ4v) is 3.42. The van der Waals surface area contributed by atoms with E-state index in [0.717, 1.165) is 6.26 Å². The van der Waals surface area contributed by atoms with Gasteiger partial charge in [-0.15, -0.1) is 0 Å². The van der Waals surface area contributed by atoms with E-state index in [2.05, 4.69) is 4.98 Å². The van der Waals surface area contributed by atoms with Crippen molar-refractivity contribution in [3.63, 3.8) is 0 Å². The Bertz CT molecular complexity index is 1180. The van der Waals surface area contributed by atoms with Crippen LogP contribution in [-0.2, 0) is 21.2 Å². The summed E-state index contributed by atoms with van der Waals surface area (Å²) in [5.41, 5.74) is 1.90. The number of hydrogen-bond donors (Lipinski definition) is 0. The van der Waals surface area contributed by atoms with E-state index < -0.39 is 9.84 Å². The van der Waals surface area contributed by atoms with Crippen LogP contribution in [0.4, 0.5) is 4.39 Å². The number of hydrogen-bond acceptors (Lipinski definition) is 5. The van der Waals surface area contributed by atoms with E-state index in [0.29, 0.717) is 28.5 Å². The summed E-state index contributed by atoms with van der Waals surface area (Å²) in [5, 5.41) is 0. The van der Waals surface area contributed by atoms with Gasteiger partial charge in [-0.3, -0.25) is 0 Å². The van der Waals surface area contributed by atoms with Crippen molar-refractivity contribution < 1.29 is 22.0 Å². The quantitative estimate of drug-likeness (QED) is 0.417. The summed E-state index contributed by atoms with van der Waals surface area (Å²) in [4.78, 5) is 4.63. The fraction of sp³-hybridized carbons (Fsp3) is 0.125. The molecule has 31 heavy (non-hydrogen) atoms. The predicted octanol–water partition coefficient (Wildman–Crippen LogP) is 5.38. The summed E-state index contributed by atoms with van der Waals surface area (Å²) in [6.45, 7) is 0.190. The molecule has 0 aliphatic heterocycles. The Morgan fingerprint density at radius 3 is 1.87 bits per heavy atom. The summed E-state index contributed by atoms with van der Waals surface area (Å²) in [7, 11) is -1.75. The topological polar surface area (TPSA) is 69.4 Å². The monoisotopic (exact) mass is 439 g/mol. The van der Waals surface area contributed by atoms with E-state index in [-0.39, 0.29) is 17.3 Å². The Balaban J connectivity index is 0.000000391. The maximum atomic E-state index is 13.2. The number of sulfone groups is 1. The van der Waals surface area contributed by atoms with Crippen LogP contribution in [0.15, 0.2) is 94.2 Å². The molecule has 0 amide bonds. The molecule has 0 radical (unpaired) electrons. The SMILES string of the molecule is COCc1nc(-c2ccc(F)cc2)c(-c2ccc(S(C)(=O)=O)cc2)o1.c1ccccc1. The molecule has 0 N–H and O–H groups in total. The number of aromatic nitrogens is 1. The first-order chi connectivity index (χ1) is 14.9. The molecule has 0 unspecified atom stereocenters. The summed E-state index contributed by atoms with van der Waals surface area (Å²) < 4.78 is 47.2. The highest BCUT2D eigenvalue weighted by Gasteiger charge is 2.18. The summed E-state index contributed by atoms with van der Waals surface area (Å²) in [5.74, 6) is 0.506. The van der Waals surface area contributed by atoms with Crippen molar-refractivity contribution in [1.29, 1.82) is 0 Å². The van der Waals surface area contributed by atoms with Crippen LogP contribution in [0.2, 0.25) is 0 Å². The van der Waals surface area contributed by atoms with Gasteiger partial charge in [-0.2, -0.15) is 0 Å². The number of nitrogens with zero attached hydrogens (tertiary/aromatic N) is 1. The van der Waals surface area contributed by atoms with Crippen molar-refractivity contribution in [2.24, 2.45) is 0 Å². The molecule has 0 aliphatic carbocycles. The van der Waals surface area contributed by atoms with E-state index in [1.807, 2.05) is 36.4 Å². The molecule has 0 saturated heterocycles. The van der Waals surface area contributed by atoms with Gasteiger partial charge in [-0.05, 0) is 48.5 Å². The molecule has 5 nitrogen and oxygen atoms in total. The van der Waals surface area contributed by atoms with Gasteiger partial charge in [0.05, 0.1) is 4.90 Å². The van der Waals surface area contributed by atoms with Crippen LogP contribution in [0, 0.1) is 5.82 Å². The minimum atomic E-state index is -3.28. The summed E-state index contributed by atoms with van der Waals surface area (Å²) in [6.07, 6.45) is 1.15. The van der Waals surface area contributed by atoms with Gasteiger partial charge in [-0.25, -0.2) is 17.8 Å². The lowest BCUT2D eigenvalue weighted by Crippen LogP contribution is -1.96. The summed E-state index contributed by atoms with van der Waals surface area (Å²) in [6, 6.07) is 24.2. The molecule has 1 aromatic heterocycles. The highest BCUT2D eigenvalue weighted by molar-refractivity contribution is 7.90. The molecule has 1 heterocycles. The normalized spacial score (nSPS) is 10.9. The van der Waals surface area contributed by atoms with Crippen LogP contribution in [0.3, 0.4) is 0 Å². The molecule has 3 aromatic carbocycles. The Morgan fingerprint density at radius 2 is 1.39 bits per heavy atom. The first-order valence-corrected chi connectivity index (χ1v) is 11.3. The van der Waals surface area contributed by atoms with E-state index >= 15 is 0 Å². The highest BCUT2D eigenvalue weighted by Crippen LogP contribution is 2.33. The second kappa shape index (κ2) is 10.1. The van der Waals surface area contributed by atoms with Crippen molar-refractivity contribution in [3.8, 4) is 22.6 Å². The molecule has 0 spiro atoms. The zero-order valence-electron chi connectivity index (χ0n) is 17.2. The molecular formula is C24H22FNO4S. The van der Waals surface area contributed by atoms with Crippen molar-refractivity contribution in [1.82, 2.24) is 4.98 Å². The largest absolute Gasteiger partial charge is 0.437 e. The van der Waals surface area contributed by atoms with E-state index in [1.54, 1.807) is 24.3 Å². The van der Waals surface area contributed by atoms with Gasteiger partial charge in [0, 0.05) is 24.5 Å². The maximum absolute atomic E-state index is 13.2. The number of halogens is 1. The lowest BCUT2D eigenvalue weighted by Gasteiger charge is -2.03. The van der Waals surface area contributed by atoms with Crippen molar-refractivity contribution in [3.05, 3.63) is 96.6 Å². The zero-order valence-corrected chi connectivity index (χ0v) is 18.0. The van der Waals surface area contributed by atoms with Gasteiger partial charge >= 0.3 is 0 Å². The first kappa shape index (κ1) is 22.4. The molecular weight excluding hydrogens is 417 g/mol. The molecule has 4 rings (SSSR count). The number of methoxy groups -OCH3 is 1. The molecule has 0 atom stereocenters. The first-order valence-electron chi connectivity index (χ1n) is 9.43. The number of rotatable bonds is 5. The van der Waals surface area contributed by atoms with Crippen molar-refractivity contribution >= 4 is 9.84 Å².